The summed E-state index contributed by atoms with van der Waals surface area (Å²) in [6.07, 6.45) is 3.31. The van der Waals surface area contributed by atoms with Crippen molar-refractivity contribution in [1.82, 2.24) is 9.97 Å². The molecule has 2 heterocycles. The fourth-order valence-electron chi connectivity index (χ4n) is 2.53. The number of hydrogen-bond acceptors (Lipinski definition) is 5. The van der Waals surface area contributed by atoms with Crippen LogP contribution in [0, 0.1) is 12.8 Å². The van der Waals surface area contributed by atoms with Crippen LogP contribution in [0.1, 0.15) is 25.8 Å². The zero-order valence-corrected chi connectivity index (χ0v) is 12.3. The molecule has 0 saturated carbocycles. The second-order valence-corrected chi connectivity index (χ2v) is 5.22. The molecule has 1 aromatic rings. The van der Waals surface area contributed by atoms with Gasteiger partial charge in [-0.2, -0.15) is 4.98 Å². The molecule has 5 heteroatoms. The summed E-state index contributed by atoms with van der Waals surface area (Å²) >= 11 is 0. The average Bonchev–Trinajstić information content (AvgIpc) is 2.42. The summed E-state index contributed by atoms with van der Waals surface area (Å²) < 4.78 is 5.57. The number of rotatable bonds is 4. The molecular weight excluding hydrogens is 240 g/mol. The largest absolute Gasteiger partial charge is 0.379 e. The second-order valence-electron chi connectivity index (χ2n) is 5.22. The van der Waals surface area contributed by atoms with Gasteiger partial charge in [0, 0.05) is 38.5 Å². The Morgan fingerprint density at radius 3 is 3.00 bits per heavy atom. The number of nitrogens with one attached hydrogen (secondary N) is 1. The molecule has 0 amide bonds. The number of anilines is 2. The van der Waals surface area contributed by atoms with Gasteiger partial charge >= 0.3 is 0 Å². The summed E-state index contributed by atoms with van der Waals surface area (Å²) in [6.45, 7) is 9.13. The molecule has 1 fully saturated rings. The van der Waals surface area contributed by atoms with Crippen LogP contribution in [0.3, 0.4) is 0 Å². The van der Waals surface area contributed by atoms with Crippen LogP contribution in [0.15, 0.2) is 6.20 Å². The molecular formula is C14H24N4O. The van der Waals surface area contributed by atoms with E-state index in [0.717, 1.165) is 37.4 Å². The highest BCUT2D eigenvalue weighted by Crippen LogP contribution is 2.26. The van der Waals surface area contributed by atoms with Crippen LogP contribution in [0.4, 0.5) is 11.8 Å². The lowest BCUT2D eigenvalue weighted by molar-refractivity contribution is 0.0496. The molecule has 5 nitrogen and oxygen atoms in total. The Morgan fingerprint density at radius 1 is 1.53 bits per heavy atom. The van der Waals surface area contributed by atoms with E-state index in [0.29, 0.717) is 11.9 Å². The number of aryl methyl sites for hydroxylation is 1. The highest BCUT2D eigenvalue weighted by molar-refractivity contribution is 5.49. The van der Waals surface area contributed by atoms with Gasteiger partial charge in [-0.05, 0) is 26.2 Å². The standard InChI is InChI=1S/C14H24N4O/c1-5-15-14-16-8-11(3)13(17-14)18-7-6-10(2)12(9-18)19-4/h8,10,12H,5-7,9H2,1-4H3,(H,15,16,17). The first kappa shape index (κ1) is 14.1. The minimum Gasteiger partial charge on any atom is -0.379 e. The van der Waals surface area contributed by atoms with Crippen molar-refractivity contribution in [1.29, 1.82) is 0 Å². The highest BCUT2D eigenvalue weighted by atomic mass is 16.5. The first-order valence-corrected chi connectivity index (χ1v) is 7.01. The summed E-state index contributed by atoms with van der Waals surface area (Å²) in [5.41, 5.74) is 1.12. The molecule has 0 bridgehead atoms. The van der Waals surface area contributed by atoms with Crippen molar-refractivity contribution in [2.75, 3.05) is 37.0 Å². The highest BCUT2D eigenvalue weighted by Gasteiger charge is 2.27. The van der Waals surface area contributed by atoms with Crippen molar-refractivity contribution in [3.63, 3.8) is 0 Å². The van der Waals surface area contributed by atoms with Crippen molar-refractivity contribution >= 4 is 11.8 Å². The van der Waals surface area contributed by atoms with E-state index < -0.39 is 0 Å². The van der Waals surface area contributed by atoms with Crippen LogP contribution >= 0.6 is 0 Å². The van der Waals surface area contributed by atoms with Crippen molar-refractivity contribution in [2.45, 2.75) is 33.3 Å². The summed E-state index contributed by atoms with van der Waals surface area (Å²) in [5.74, 6) is 2.34. The molecule has 0 radical (unpaired) electrons. The molecule has 19 heavy (non-hydrogen) atoms. The predicted octanol–water partition coefficient (Wildman–Crippen LogP) is 2.08. The lowest BCUT2D eigenvalue weighted by Crippen LogP contribution is -2.44. The maximum atomic E-state index is 5.57. The summed E-state index contributed by atoms with van der Waals surface area (Å²) in [6, 6.07) is 0. The third kappa shape index (κ3) is 3.15. The Bertz CT molecular complexity index is 424. The Hall–Kier alpha value is -1.36. The molecule has 0 aromatic carbocycles. The number of ether oxygens (including phenoxy) is 1. The smallest absolute Gasteiger partial charge is 0.224 e. The number of aromatic nitrogens is 2. The van der Waals surface area contributed by atoms with Gasteiger partial charge in [0.15, 0.2) is 0 Å². The third-order valence-corrected chi connectivity index (χ3v) is 3.77. The van der Waals surface area contributed by atoms with Gasteiger partial charge in [-0.1, -0.05) is 6.92 Å². The Labute approximate surface area is 115 Å². The minimum absolute atomic E-state index is 0.283. The molecule has 0 spiro atoms. The maximum Gasteiger partial charge on any atom is 0.224 e. The van der Waals surface area contributed by atoms with Gasteiger partial charge in [-0.25, -0.2) is 4.98 Å². The molecule has 106 valence electrons. The monoisotopic (exact) mass is 264 g/mol. The van der Waals surface area contributed by atoms with Crippen LogP contribution in [0.5, 0.6) is 0 Å². The Kier molecular flexibility index (Phi) is 4.58. The first-order chi connectivity index (χ1) is 9.15. The quantitative estimate of drug-likeness (QED) is 0.902. The lowest BCUT2D eigenvalue weighted by Gasteiger charge is -2.37. The second kappa shape index (κ2) is 6.19. The molecule has 0 aliphatic carbocycles. The van der Waals surface area contributed by atoms with E-state index in [1.54, 1.807) is 7.11 Å². The van der Waals surface area contributed by atoms with Gasteiger partial charge in [-0.3, -0.25) is 0 Å². The maximum absolute atomic E-state index is 5.57. The molecule has 1 saturated heterocycles. The van der Waals surface area contributed by atoms with Gasteiger partial charge in [0.05, 0.1) is 6.10 Å². The zero-order chi connectivity index (χ0) is 13.8. The fraction of sp³-hybridized carbons (Fsp3) is 0.714. The number of piperidine rings is 1. The van der Waals surface area contributed by atoms with Crippen LogP contribution in [-0.4, -0.2) is 42.8 Å². The van der Waals surface area contributed by atoms with Gasteiger partial charge in [-0.15, -0.1) is 0 Å². The van der Waals surface area contributed by atoms with Crippen LogP contribution in [0.2, 0.25) is 0 Å². The third-order valence-electron chi connectivity index (χ3n) is 3.77. The molecule has 1 N–H and O–H groups in total. The van der Waals surface area contributed by atoms with Crippen LogP contribution in [-0.2, 0) is 4.74 Å². The molecule has 1 aromatic heterocycles. The van der Waals surface area contributed by atoms with Gasteiger partial charge < -0.3 is 15.0 Å². The summed E-state index contributed by atoms with van der Waals surface area (Å²) in [7, 11) is 1.79. The van der Waals surface area contributed by atoms with Gasteiger partial charge in [0.25, 0.3) is 0 Å². The van der Waals surface area contributed by atoms with E-state index in [1.807, 2.05) is 13.1 Å². The SMILES string of the molecule is CCNc1ncc(C)c(N2CCC(C)C(OC)C2)n1. The van der Waals surface area contributed by atoms with Gasteiger partial charge in [0.2, 0.25) is 5.95 Å². The van der Waals surface area contributed by atoms with Crippen molar-refractivity contribution in [3.05, 3.63) is 11.8 Å². The van der Waals surface area contributed by atoms with Crippen LogP contribution in [0.25, 0.3) is 0 Å². The van der Waals surface area contributed by atoms with Crippen molar-refractivity contribution < 1.29 is 4.74 Å². The topological polar surface area (TPSA) is 50.3 Å². The summed E-state index contributed by atoms with van der Waals surface area (Å²) in [4.78, 5) is 11.2. The van der Waals surface area contributed by atoms with E-state index in [2.05, 4.69) is 34.0 Å². The average molecular weight is 264 g/mol. The Balaban J connectivity index is 2.18. The molecule has 2 rings (SSSR count). The van der Waals surface area contributed by atoms with Crippen molar-refractivity contribution in [2.24, 2.45) is 5.92 Å². The normalized spacial score (nSPS) is 23.5. The summed E-state index contributed by atoms with van der Waals surface area (Å²) in [5, 5.41) is 3.17. The van der Waals surface area contributed by atoms with E-state index >= 15 is 0 Å². The predicted molar refractivity (Wildman–Crippen MR) is 77.7 cm³/mol. The van der Waals surface area contributed by atoms with Gasteiger partial charge in [0.1, 0.15) is 5.82 Å². The number of methoxy groups -OCH3 is 1. The van der Waals surface area contributed by atoms with E-state index in [9.17, 15) is 0 Å². The van der Waals surface area contributed by atoms with E-state index in [-0.39, 0.29) is 6.10 Å². The van der Waals surface area contributed by atoms with E-state index in [1.165, 1.54) is 0 Å². The molecule has 1 aliphatic rings. The number of nitrogens with zero attached hydrogens (tertiary/aromatic N) is 3. The number of hydrogen-bond donors (Lipinski definition) is 1. The molecule has 1 aliphatic heterocycles. The van der Waals surface area contributed by atoms with E-state index in [4.69, 9.17) is 4.74 Å². The lowest BCUT2D eigenvalue weighted by atomic mass is 9.95. The first-order valence-electron chi connectivity index (χ1n) is 7.01. The van der Waals surface area contributed by atoms with Crippen LogP contribution < -0.4 is 10.2 Å². The Morgan fingerprint density at radius 2 is 2.32 bits per heavy atom. The van der Waals surface area contributed by atoms with Crippen molar-refractivity contribution in [3.8, 4) is 0 Å². The zero-order valence-electron chi connectivity index (χ0n) is 12.3. The molecule has 2 atom stereocenters. The fourth-order valence-corrected chi connectivity index (χ4v) is 2.53. The molecule has 2 unspecified atom stereocenters. The minimum atomic E-state index is 0.283.